The molecule has 0 saturated heterocycles. The topological polar surface area (TPSA) is 76.4 Å². The number of nitriles is 1. The van der Waals surface area contributed by atoms with Crippen LogP contribution in [-0.4, -0.2) is 25.2 Å². The van der Waals surface area contributed by atoms with Gasteiger partial charge in [0.15, 0.2) is 0 Å². The van der Waals surface area contributed by atoms with Crippen LogP contribution in [0.3, 0.4) is 0 Å². The zero-order valence-corrected chi connectivity index (χ0v) is 10.9. The Hall–Kier alpha value is -2.56. The molecule has 0 aliphatic carbocycles. The van der Waals surface area contributed by atoms with Crippen molar-refractivity contribution in [3.05, 3.63) is 28.8 Å². The van der Waals surface area contributed by atoms with Crippen molar-refractivity contribution >= 4 is 12.3 Å². The fraction of sp³-hybridized carbons (Fsp3) is 0.308. The van der Waals surface area contributed by atoms with Gasteiger partial charge in [-0.2, -0.15) is 5.26 Å². The number of alkyl halides is 3. The van der Waals surface area contributed by atoms with Crippen LogP contribution in [0.15, 0.2) is 12.1 Å². The molecule has 0 aliphatic rings. The second-order valence-electron chi connectivity index (χ2n) is 3.80. The van der Waals surface area contributed by atoms with Crippen LogP contribution in [0.25, 0.3) is 0 Å². The van der Waals surface area contributed by atoms with Crippen LogP contribution in [0, 0.1) is 11.3 Å². The van der Waals surface area contributed by atoms with Crippen molar-refractivity contribution in [3.63, 3.8) is 0 Å². The molecule has 5 nitrogen and oxygen atoms in total. The van der Waals surface area contributed by atoms with Crippen molar-refractivity contribution < 1.29 is 32.2 Å². The lowest BCUT2D eigenvalue weighted by atomic mass is 10.0. The molecule has 0 saturated carbocycles. The SMILES string of the molecule is CCOC(=O)Cc1c(C#N)cc(C=O)cc1OC(F)(F)F. The van der Waals surface area contributed by atoms with Crippen LogP contribution in [0.1, 0.15) is 28.4 Å². The van der Waals surface area contributed by atoms with Crippen LogP contribution < -0.4 is 4.74 Å². The normalized spacial score (nSPS) is 10.6. The summed E-state index contributed by atoms with van der Waals surface area (Å²) in [4.78, 5) is 22.1. The lowest BCUT2D eigenvalue weighted by Gasteiger charge is -2.14. The minimum absolute atomic E-state index is 0.0442. The van der Waals surface area contributed by atoms with Crippen LogP contribution in [-0.2, 0) is 16.0 Å². The zero-order valence-electron chi connectivity index (χ0n) is 10.9. The first kappa shape index (κ1) is 16.5. The molecule has 112 valence electrons. The third kappa shape index (κ3) is 4.80. The highest BCUT2D eigenvalue weighted by atomic mass is 19.4. The molecule has 0 spiro atoms. The summed E-state index contributed by atoms with van der Waals surface area (Å²) in [6, 6.07) is 3.52. The summed E-state index contributed by atoms with van der Waals surface area (Å²) in [6.45, 7) is 1.58. The highest BCUT2D eigenvalue weighted by Gasteiger charge is 2.33. The number of benzene rings is 1. The third-order valence-electron chi connectivity index (χ3n) is 2.34. The van der Waals surface area contributed by atoms with Crippen molar-refractivity contribution in [2.45, 2.75) is 19.7 Å². The molecular weight excluding hydrogens is 291 g/mol. The van der Waals surface area contributed by atoms with Gasteiger partial charge in [0.05, 0.1) is 24.7 Å². The van der Waals surface area contributed by atoms with E-state index >= 15 is 0 Å². The van der Waals surface area contributed by atoms with E-state index in [4.69, 9.17) is 5.26 Å². The van der Waals surface area contributed by atoms with E-state index in [2.05, 4.69) is 9.47 Å². The van der Waals surface area contributed by atoms with Crippen molar-refractivity contribution in [3.8, 4) is 11.8 Å². The number of halogens is 3. The second-order valence-corrected chi connectivity index (χ2v) is 3.80. The van der Waals surface area contributed by atoms with Crippen molar-refractivity contribution in [1.29, 1.82) is 5.26 Å². The van der Waals surface area contributed by atoms with Gasteiger partial charge in [-0.05, 0) is 19.1 Å². The smallest absolute Gasteiger partial charge is 0.466 e. The molecular formula is C13H10F3NO4. The number of rotatable bonds is 5. The molecule has 0 aliphatic heterocycles. The number of ether oxygens (including phenoxy) is 2. The van der Waals surface area contributed by atoms with Crippen molar-refractivity contribution in [1.82, 2.24) is 0 Å². The van der Waals surface area contributed by atoms with E-state index in [0.29, 0.717) is 0 Å². The number of nitrogens with zero attached hydrogens (tertiary/aromatic N) is 1. The Morgan fingerprint density at radius 2 is 2.10 bits per heavy atom. The number of hydrogen-bond donors (Lipinski definition) is 0. The summed E-state index contributed by atoms with van der Waals surface area (Å²) in [5.74, 6) is -1.57. The van der Waals surface area contributed by atoms with Crippen LogP contribution in [0.5, 0.6) is 5.75 Å². The van der Waals surface area contributed by atoms with Crippen molar-refractivity contribution in [2.75, 3.05) is 6.61 Å². The summed E-state index contributed by atoms with van der Waals surface area (Å²) in [6.07, 6.45) is -5.31. The largest absolute Gasteiger partial charge is 0.573 e. The predicted octanol–water partition coefficient (Wildman–Crippen LogP) is 2.37. The summed E-state index contributed by atoms with van der Waals surface area (Å²) in [5, 5.41) is 8.95. The number of carbonyl (C=O) groups excluding carboxylic acids is 2. The fourth-order valence-corrected chi connectivity index (χ4v) is 1.59. The Morgan fingerprint density at radius 1 is 1.43 bits per heavy atom. The van der Waals surface area contributed by atoms with Gasteiger partial charge in [0.2, 0.25) is 0 Å². The van der Waals surface area contributed by atoms with Gasteiger partial charge in [0.1, 0.15) is 12.0 Å². The molecule has 0 unspecified atom stereocenters. The van der Waals surface area contributed by atoms with Gasteiger partial charge in [-0.1, -0.05) is 0 Å². The third-order valence-corrected chi connectivity index (χ3v) is 2.34. The molecule has 0 amide bonds. The molecule has 8 heteroatoms. The predicted molar refractivity (Wildman–Crippen MR) is 63.6 cm³/mol. The average molecular weight is 301 g/mol. The van der Waals surface area contributed by atoms with Gasteiger partial charge in [-0.25, -0.2) is 0 Å². The van der Waals surface area contributed by atoms with E-state index in [-0.39, 0.29) is 29.6 Å². The Labute approximate surface area is 117 Å². The quantitative estimate of drug-likeness (QED) is 0.616. The van der Waals surface area contributed by atoms with E-state index < -0.39 is 24.5 Å². The molecule has 0 N–H and O–H groups in total. The molecule has 1 aromatic rings. The first-order valence-corrected chi connectivity index (χ1v) is 5.74. The lowest BCUT2D eigenvalue weighted by Crippen LogP contribution is -2.20. The molecule has 21 heavy (non-hydrogen) atoms. The fourth-order valence-electron chi connectivity index (χ4n) is 1.59. The molecule has 0 atom stereocenters. The van der Waals surface area contributed by atoms with E-state index in [0.717, 1.165) is 12.1 Å². The van der Waals surface area contributed by atoms with E-state index in [1.54, 1.807) is 6.07 Å². The Bertz CT molecular complexity index is 590. The van der Waals surface area contributed by atoms with Crippen LogP contribution >= 0.6 is 0 Å². The van der Waals surface area contributed by atoms with Gasteiger partial charge in [-0.15, -0.1) is 13.2 Å². The highest BCUT2D eigenvalue weighted by Crippen LogP contribution is 2.30. The standard InChI is InChI=1S/C13H10F3NO4/c1-2-20-12(19)5-10-9(6-17)3-8(7-18)4-11(10)21-13(14,15)16/h3-4,7H,2,5H2,1H3. The summed E-state index contributed by atoms with van der Waals surface area (Å²) < 4.78 is 45.5. The van der Waals surface area contributed by atoms with Gasteiger partial charge < -0.3 is 9.47 Å². The Morgan fingerprint density at radius 3 is 2.57 bits per heavy atom. The lowest BCUT2D eigenvalue weighted by molar-refractivity contribution is -0.275. The van der Waals surface area contributed by atoms with E-state index in [1.165, 1.54) is 6.92 Å². The Kier molecular flexibility index (Phi) is 5.30. The number of hydrogen-bond acceptors (Lipinski definition) is 5. The van der Waals surface area contributed by atoms with Gasteiger partial charge in [0, 0.05) is 11.1 Å². The number of aldehydes is 1. The molecule has 0 bridgehead atoms. The highest BCUT2D eigenvalue weighted by molar-refractivity contribution is 5.80. The molecule has 0 fully saturated rings. The Balaban J connectivity index is 3.32. The number of esters is 1. The van der Waals surface area contributed by atoms with Crippen molar-refractivity contribution in [2.24, 2.45) is 0 Å². The van der Waals surface area contributed by atoms with E-state index in [1.807, 2.05) is 0 Å². The number of carbonyl (C=O) groups is 2. The summed E-state index contributed by atoms with van der Waals surface area (Å²) >= 11 is 0. The molecule has 1 rings (SSSR count). The van der Waals surface area contributed by atoms with Gasteiger partial charge in [0.25, 0.3) is 0 Å². The summed E-state index contributed by atoms with van der Waals surface area (Å²) in [5.41, 5.74) is -0.704. The van der Waals surface area contributed by atoms with E-state index in [9.17, 15) is 22.8 Å². The minimum atomic E-state index is -5.02. The second kappa shape index (κ2) is 6.74. The maximum absolute atomic E-state index is 12.4. The summed E-state index contributed by atoms with van der Waals surface area (Å²) in [7, 11) is 0. The van der Waals surface area contributed by atoms with Gasteiger partial charge in [-0.3, -0.25) is 9.59 Å². The van der Waals surface area contributed by atoms with Crippen LogP contribution in [0.2, 0.25) is 0 Å². The molecule has 1 aromatic carbocycles. The first-order valence-electron chi connectivity index (χ1n) is 5.74. The molecule has 0 radical (unpaired) electrons. The van der Waals surface area contributed by atoms with Crippen LogP contribution in [0.4, 0.5) is 13.2 Å². The van der Waals surface area contributed by atoms with Gasteiger partial charge >= 0.3 is 12.3 Å². The zero-order chi connectivity index (χ0) is 16.0. The maximum atomic E-state index is 12.4. The maximum Gasteiger partial charge on any atom is 0.573 e. The average Bonchev–Trinajstić information content (AvgIpc) is 2.39. The first-order chi connectivity index (χ1) is 9.80. The molecule has 0 aromatic heterocycles. The monoisotopic (exact) mass is 301 g/mol. The molecule has 0 heterocycles. The minimum Gasteiger partial charge on any atom is -0.466 e.